The van der Waals surface area contributed by atoms with Gasteiger partial charge in [0.05, 0.1) is 0 Å². The molecule has 2 rings (SSSR count). The van der Waals surface area contributed by atoms with E-state index in [2.05, 4.69) is 25.6 Å². The van der Waals surface area contributed by atoms with Crippen LogP contribution in [0.15, 0.2) is 46.2 Å². The van der Waals surface area contributed by atoms with E-state index in [1.165, 1.54) is 12.3 Å². The van der Waals surface area contributed by atoms with E-state index in [1.54, 1.807) is 0 Å². The summed E-state index contributed by atoms with van der Waals surface area (Å²) in [7, 11) is -3.65. The molecular weight excluding hydrogens is 354 g/mol. The van der Waals surface area contributed by atoms with Crippen molar-refractivity contribution in [2.45, 2.75) is 11.4 Å². The molecule has 0 aliphatic heterocycles. The van der Waals surface area contributed by atoms with Gasteiger partial charge >= 0.3 is 0 Å². The molecule has 1 N–H and O–H groups in total. The minimum atomic E-state index is -3.65. The Labute approximate surface area is 124 Å². The first-order valence-corrected chi connectivity index (χ1v) is 8.06. The first-order chi connectivity index (χ1) is 8.99. The molecule has 0 atom stereocenters. The van der Waals surface area contributed by atoms with Crippen molar-refractivity contribution in [1.82, 2.24) is 14.3 Å². The molecule has 2 aromatic heterocycles. The van der Waals surface area contributed by atoms with Crippen molar-refractivity contribution in [3.63, 3.8) is 0 Å². The van der Waals surface area contributed by atoms with Crippen LogP contribution < -0.4 is 4.72 Å². The van der Waals surface area contributed by atoms with Crippen LogP contribution >= 0.6 is 27.5 Å². The van der Waals surface area contributed by atoms with Crippen LogP contribution in [0.4, 0.5) is 0 Å². The van der Waals surface area contributed by atoms with Crippen LogP contribution in [0.2, 0.25) is 5.15 Å². The lowest BCUT2D eigenvalue weighted by atomic mass is 10.5. The Bertz CT molecular complexity index is 659. The molecule has 0 aromatic carbocycles. The predicted octanol–water partition coefficient (Wildman–Crippen LogP) is 2.28. The maximum Gasteiger partial charge on any atom is 0.243 e. The molecule has 102 valence electrons. The van der Waals surface area contributed by atoms with Crippen molar-refractivity contribution >= 4 is 37.6 Å². The Morgan fingerprint density at radius 2 is 2.05 bits per heavy atom. The van der Waals surface area contributed by atoms with Crippen molar-refractivity contribution in [1.29, 1.82) is 0 Å². The topological polar surface area (TPSA) is 64.0 Å². The van der Waals surface area contributed by atoms with Gasteiger partial charge in [-0.05, 0) is 34.1 Å². The fourth-order valence-electron chi connectivity index (χ4n) is 1.50. The number of pyridine rings is 1. The van der Waals surface area contributed by atoms with Gasteiger partial charge in [-0.2, -0.15) is 0 Å². The summed E-state index contributed by atoms with van der Waals surface area (Å²) in [6, 6.07) is 5.18. The molecule has 0 saturated carbocycles. The van der Waals surface area contributed by atoms with E-state index in [-0.39, 0.29) is 16.6 Å². The van der Waals surface area contributed by atoms with Gasteiger partial charge in [-0.15, -0.1) is 0 Å². The lowest BCUT2D eigenvalue weighted by Gasteiger charge is -2.08. The molecule has 0 unspecified atom stereocenters. The molecule has 0 radical (unpaired) electrons. The number of nitrogens with zero attached hydrogens (tertiary/aromatic N) is 2. The van der Waals surface area contributed by atoms with Gasteiger partial charge in [0.2, 0.25) is 10.0 Å². The summed E-state index contributed by atoms with van der Waals surface area (Å²) < 4.78 is 29.1. The normalized spacial score (nSPS) is 11.7. The van der Waals surface area contributed by atoms with Gasteiger partial charge in [0, 0.05) is 36.2 Å². The third-order valence-electron chi connectivity index (χ3n) is 2.39. The van der Waals surface area contributed by atoms with Crippen molar-refractivity contribution in [2.24, 2.45) is 0 Å². The number of halogens is 2. The Balaban J connectivity index is 2.07. The number of hydrogen-bond donors (Lipinski definition) is 1. The van der Waals surface area contributed by atoms with Crippen LogP contribution in [0, 0.1) is 0 Å². The SMILES string of the molecule is O=S(=O)(NCCn1cccc1)c1cc(Br)cnc1Cl. The third-order valence-corrected chi connectivity index (χ3v) is 4.71. The number of nitrogens with one attached hydrogen (secondary N) is 1. The van der Waals surface area contributed by atoms with Gasteiger partial charge in [-0.3, -0.25) is 0 Å². The average Bonchev–Trinajstić information content (AvgIpc) is 2.85. The quantitative estimate of drug-likeness (QED) is 0.828. The largest absolute Gasteiger partial charge is 0.353 e. The molecule has 0 fully saturated rings. The zero-order chi connectivity index (χ0) is 13.9. The molecule has 0 spiro atoms. The highest BCUT2D eigenvalue weighted by Crippen LogP contribution is 2.22. The Morgan fingerprint density at radius 3 is 2.74 bits per heavy atom. The van der Waals surface area contributed by atoms with E-state index in [9.17, 15) is 8.42 Å². The van der Waals surface area contributed by atoms with E-state index < -0.39 is 10.0 Å². The lowest BCUT2D eigenvalue weighted by molar-refractivity contribution is 0.573. The Kier molecular flexibility index (Phi) is 4.62. The molecule has 0 amide bonds. The predicted molar refractivity (Wildman–Crippen MR) is 76.6 cm³/mol. The van der Waals surface area contributed by atoms with Crippen LogP contribution in [0.3, 0.4) is 0 Å². The van der Waals surface area contributed by atoms with Gasteiger partial charge in [-0.25, -0.2) is 18.1 Å². The molecule has 0 aliphatic carbocycles. The van der Waals surface area contributed by atoms with E-state index in [0.717, 1.165) is 0 Å². The number of aromatic nitrogens is 2. The van der Waals surface area contributed by atoms with Crippen molar-refractivity contribution in [3.05, 3.63) is 46.4 Å². The molecule has 2 heterocycles. The second-order valence-corrected chi connectivity index (χ2v) is 6.77. The molecule has 19 heavy (non-hydrogen) atoms. The maximum absolute atomic E-state index is 12.1. The number of sulfonamides is 1. The van der Waals surface area contributed by atoms with E-state index in [1.807, 2.05) is 29.1 Å². The molecule has 5 nitrogen and oxygen atoms in total. The summed E-state index contributed by atoms with van der Waals surface area (Å²) >= 11 is 8.97. The standard InChI is InChI=1S/C11H11BrClN3O2S/c12-9-7-10(11(13)14-8-9)19(17,18)15-3-6-16-4-1-2-5-16/h1-2,4-5,7-8,15H,3,6H2. The van der Waals surface area contributed by atoms with E-state index in [0.29, 0.717) is 11.0 Å². The average molecular weight is 365 g/mol. The molecular formula is C11H11BrClN3O2S. The molecule has 0 saturated heterocycles. The van der Waals surface area contributed by atoms with Gasteiger partial charge < -0.3 is 4.57 Å². The minimum absolute atomic E-state index is 0.0314. The van der Waals surface area contributed by atoms with E-state index >= 15 is 0 Å². The van der Waals surface area contributed by atoms with Gasteiger partial charge in [0.15, 0.2) is 0 Å². The molecule has 0 aliphatic rings. The smallest absolute Gasteiger partial charge is 0.243 e. The first kappa shape index (κ1) is 14.5. The summed E-state index contributed by atoms with van der Waals surface area (Å²) in [4.78, 5) is 3.77. The fraction of sp³-hybridized carbons (Fsp3) is 0.182. The molecule has 0 bridgehead atoms. The summed E-state index contributed by atoms with van der Waals surface area (Å²) in [5, 5.41) is -0.0448. The number of rotatable bonds is 5. The zero-order valence-corrected chi connectivity index (χ0v) is 12.9. The van der Waals surface area contributed by atoms with E-state index in [4.69, 9.17) is 11.6 Å². The summed E-state index contributed by atoms with van der Waals surface area (Å²) in [6.45, 7) is 0.825. The van der Waals surface area contributed by atoms with Gasteiger partial charge in [0.1, 0.15) is 10.0 Å². The highest BCUT2D eigenvalue weighted by molar-refractivity contribution is 9.10. The second kappa shape index (κ2) is 6.04. The highest BCUT2D eigenvalue weighted by Gasteiger charge is 2.18. The monoisotopic (exact) mass is 363 g/mol. The minimum Gasteiger partial charge on any atom is -0.353 e. The molecule has 2 aromatic rings. The van der Waals surface area contributed by atoms with Crippen LogP contribution in [-0.4, -0.2) is 24.5 Å². The van der Waals surface area contributed by atoms with Gasteiger partial charge in [0.25, 0.3) is 0 Å². The number of hydrogen-bond acceptors (Lipinski definition) is 3. The first-order valence-electron chi connectivity index (χ1n) is 5.40. The van der Waals surface area contributed by atoms with Crippen LogP contribution in [-0.2, 0) is 16.6 Å². The summed E-state index contributed by atoms with van der Waals surface area (Å²) in [6.07, 6.45) is 5.17. The van der Waals surface area contributed by atoms with Crippen molar-refractivity contribution in [2.75, 3.05) is 6.54 Å². The third kappa shape index (κ3) is 3.79. The fourth-order valence-corrected chi connectivity index (χ4v) is 3.46. The zero-order valence-electron chi connectivity index (χ0n) is 9.75. The highest BCUT2D eigenvalue weighted by atomic mass is 79.9. The Morgan fingerprint density at radius 1 is 1.37 bits per heavy atom. The second-order valence-electron chi connectivity index (χ2n) is 3.76. The van der Waals surface area contributed by atoms with Crippen LogP contribution in [0.5, 0.6) is 0 Å². The van der Waals surface area contributed by atoms with Crippen molar-refractivity contribution < 1.29 is 8.42 Å². The van der Waals surface area contributed by atoms with Crippen LogP contribution in [0.1, 0.15) is 0 Å². The summed E-state index contributed by atoms with van der Waals surface area (Å²) in [5.41, 5.74) is 0. The lowest BCUT2D eigenvalue weighted by Crippen LogP contribution is -2.27. The Hall–Kier alpha value is -0.890. The van der Waals surface area contributed by atoms with Gasteiger partial charge in [-0.1, -0.05) is 11.6 Å². The maximum atomic E-state index is 12.1. The van der Waals surface area contributed by atoms with Crippen LogP contribution in [0.25, 0.3) is 0 Å². The van der Waals surface area contributed by atoms with Crippen molar-refractivity contribution in [3.8, 4) is 0 Å². The summed E-state index contributed by atoms with van der Waals surface area (Å²) in [5.74, 6) is 0. The molecule has 8 heteroatoms.